The highest BCUT2D eigenvalue weighted by atomic mass is 35.5. The molecule has 0 atom stereocenters. The Labute approximate surface area is 205 Å². The van der Waals surface area contributed by atoms with Gasteiger partial charge >= 0.3 is 5.97 Å². The molecule has 2 aromatic rings. The standard InChI is InChI=1S/C23H21ClN2O7S/c1-4-33-17-8-5-13(9-18(17)31-2)10-19-21(28)26(23(30)34-19)12-20(27)25-14-6-7-16(24)15(11-14)22(29)32-3/h5-11H,4,12H2,1-3H3,(H,25,27)/b19-10+. The van der Waals surface area contributed by atoms with Gasteiger partial charge in [-0.3, -0.25) is 19.3 Å². The summed E-state index contributed by atoms with van der Waals surface area (Å²) in [4.78, 5) is 50.4. The quantitative estimate of drug-likeness (QED) is 0.420. The van der Waals surface area contributed by atoms with Gasteiger partial charge in [-0.2, -0.15) is 0 Å². The molecule has 0 aliphatic carbocycles. The highest BCUT2D eigenvalue weighted by Gasteiger charge is 2.36. The Kier molecular flexibility index (Phi) is 8.19. The van der Waals surface area contributed by atoms with Gasteiger partial charge in [-0.15, -0.1) is 0 Å². The largest absolute Gasteiger partial charge is 0.493 e. The summed E-state index contributed by atoms with van der Waals surface area (Å²) in [5, 5.41) is 2.13. The SMILES string of the molecule is CCOc1ccc(/C=C2/SC(=O)N(CC(=O)Nc3ccc(Cl)c(C(=O)OC)c3)C2=O)cc1OC. The molecule has 3 amide bonds. The molecule has 178 valence electrons. The molecule has 0 spiro atoms. The summed E-state index contributed by atoms with van der Waals surface area (Å²) in [6.07, 6.45) is 1.54. The van der Waals surface area contributed by atoms with E-state index >= 15 is 0 Å². The second-order valence-electron chi connectivity index (χ2n) is 6.85. The fourth-order valence-electron chi connectivity index (χ4n) is 3.05. The van der Waals surface area contributed by atoms with Crippen LogP contribution in [0.15, 0.2) is 41.3 Å². The number of halogens is 1. The van der Waals surface area contributed by atoms with Crippen LogP contribution in [-0.4, -0.2) is 55.3 Å². The van der Waals surface area contributed by atoms with Gasteiger partial charge in [-0.25, -0.2) is 4.79 Å². The lowest BCUT2D eigenvalue weighted by Gasteiger charge is -2.13. The molecule has 0 radical (unpaired) electrons. The van der Waals surface area contributed by atoms with E-state index in [-0.39, 0.29) is 21.2 Å². The van der Waals surface area contributed by atoms with Gasteiger partial charge in [0.15, 0.2) is 11.5 Å². The molecule has 0 unspecified atom stereocenters. The Balaban J connectivity index is 1.72. The normalized spacial score (nSPS) is 14.4. The number of amides is 3. The van der Waals surface area contributed by atoms with Gasteiger partial charge in [0, 0.05) is 5.69 Å². The predicted octanol–water partition coefficient (Wildman–Crippen LogP) is 4.21. The number of hydrogen-bond donors (Lipinski definition) is 1. The highest BCUT2D eigenvalue weighted by molar-refractivity contribution is 8.18. The second kappa shape index (κ2) is 11.1. The minimum absolute atomic E-state index is 0.0712. The molecule has 1 N–H and O–H groups in total. The Morgan fingerprint density at radius 3 is 2.56 bits per heavy atom. The van der Waals surface area contributed by atoms with E-state index < -0.39 is 29.6 Å². The van der Waals surface area contributed by atoms with E-state index in [4.69, 9.17) is 21.1 Å². The van der Waals surface area contributed by atoms with E-state index in [1.165, 1.54) is 32.4 Å². The first kappa shape index (κ1) is 25.1. The summed E-state index contributed by atoms with van der Waals surface area (Å²) in [5.74, 6) is -0.829. The van der Waals surface area contributed by atoms with Crippen LogP contribution >= 0.6 is 23.4 Å². The van der Waals surface area contributed by atoms with Crippen LogP contribution in [0.25, 0.3) is 6.08 Å². The van der Waals surface area contributed by atoms with Gasteiger partial charge in [0.1, 0.15) is 6.54 Å². The van der Waals surface area contributed by atoms with Gasteiger partial charge in [-0.1, -0.05) is 17.7 Å². The zero-order chi connectivity index (χ0) is 24.8. The van der Waals surface area contributed by atoms with Gasteiger partial charge in [0.05, 0.1) is 36.3 Å². The van der Waals surface area contributed by atoms with Crippen LogP contribution in [0.4, 0.5) is 10.5 Å². The lowest BCUT2D eigenvalue weighted by Crippen LogP contribution is -2.36. The van der Waals surface area contributed by atoms with E-state index in [1.807, 2.05) is 6.92 Å². The Bertz CT molecular complexity index is 1180. The summed E-state index contributed by atoms with van der Waals surface area (Å²) >= 11 is 6.71. The number of ether oxygens (including phenoxy) is 3. The fourth-order valence-corrected chi connectivity index (χ4v) is 4.08. The van der Waals surface area contributed by atoms with Crippen molar-refractivity contribution >= 4 is 58.1 Å². The van der Waals surface area contributed by atoms with Crippen LogP contribution in [0.1, 0.15) is 22.8 Å². The molecule has 0 saturated carbocycles. The number of carbonyl (C=O) groups excluding carboxylic acids is 4. The number of carbonyl (C=O) groups is 4. The average Bonchev–Trinajstić information content (AvgIpc) is 3.08. The number of hydrogen-bond acceptors (Lipinski definition) is 8. The van der Waals surface area contributed by atoms with Crippen molar-refractivity contribution in [3.8, 4) is 11.5 Å². The Morgan fingerprint density at radius 1 is 1.12 bits per heavy atom. The molecular weight excluding hydrogens is 484 g/mol. The van der Waals surface area contributed by atoms with Crippen molar-refractivity contribution in [2.24, 2.45) is 0 Å². The Morgan fingerprint density at radius 2 is 1.88 bits per heavy atom. The van der Waals surface area contributed by atoms with Crippen molar-refractivity contribution < 1.29 is 33.4 Å². The summed E-state index contributed by atoms with van der Waals surface area (Å²) in [5.41, 5.74) is 0.965. The molecule has 9 nitrogen and oxygen atoms in total. The van der Waals surface area contributed by atoms with Crippen LogP contribution < -0.4 is 14.8 Å². The highest BCUT2D eigenvalue weighted by Crippen LogP contribution is 2.34. The number of anilines is 1. The molecule has 3 rings (SSSR count). The molecule has 1 heterocycles. The third-order valence-electron chi connectivity index (χ3n) is 4.62. The molecule has 2 aromatic carbocycles. The van der Waals surface area contributed by atoms with E-state index in [1.54, 1.807) is 24.3 Å². The van der Waals surface area contributed by atoms with Crippen LogP contribution in [-0.2, 0) is 14.3 Å². The first-order chi connectivity index (χ1) is 16.3. The first-order valence-electron chi connectivity index (χ1n) is 10.0. The molecule has 0 bridgehead atoms. The van der Waals surface area contributed by atoms with Crippen molar-refractivity contribution in [2.45, 2.75) is 6.92 Å². The van der Waals surface area contributed by atoms with Crippen LogP contribution in [0.5, 0.6) is 11.5 Å². The number of nitrogens with zero attached hydrogens (tertiary/aromatic N) is 1. The molecule has 1 fully saturated rings. The number of thioether (sulfide) groups is 1. The lowest BCUT2D eigenvalue weighted by atomic mass is 10.2. The monoisotopic (exact) mass is 504 g/mol. The van der Waals surface area contributed by atoms with E-state index in [9.17, 15) is 19.2 Å². The zero-order valence-corrected chi connectivity index (χ0v) is 20.1. The number of esters is 1. The predicted molar refractivity (Wildman–Crippen MR) is 128 cm³/mol. The molecule has 1 aliphatic rings. The molecule has 11 heteroatoms. The number of benzene rings is 2. The third-order valence-corrected chi connectivity index (χ3v) is 5.85. The van der Waals surface area contributed by atoms with Crippen molar-refractivity contribution in [2.75, 3.05) is 32.7 Å². The van der Waals surface area contributed by atoms with E-state index in [0.29, 0.717) is 23.7 Å². The minimum atomic E-state index is -0.664. The summed E-state index contributed by atoms with van der Waals surface area (Å²) < 4.78 is 15.4. The average molecular weight is 505 g/mol. The van der Waals surface area contributed by atoms with Crippen molar-refractivity contribution in [1.29, 1.82) is 0 Å². The number of rotatable bonds is 8. The van der Waals surface area contributed by atoms with Crippen LogP contribution in [0.2, 0.25) is 5.02 Å². The van der Waals surface area contributed by atoms with Crippen molar-refractivity contribution in [1.82, 2.24) is 4.90 Å². The minimum Gasteiger partial charge on any atom is -0.493 e. The van der Waals surface area contributed by atoms with Crippen LogP contribution in [0.3, 0.4) is 0 Å². The maximum absolute atomic E-state index is 12.8. The maximum Gasteiger partial charge on any atom is 0.339 e. The summed E-state index contributed by atoms with van der Waals surface area (Å²) in [6, 6.07) is 9.38. The topological polar surface area (TPSA) is 111 Å². The van der Waals surface area contributed by atoms with Gasteiger partial charge in [0.2, 0.25) is 5.91 Å². The van der Waals surface area contributed by atoms with Crippen LogP contribution in [0, 0.1) is 0 Å². The molecule has 0 aromatic heterocycles. The zero-order valence-electron chi connectivity index (χ0n) is 18.5. The lowest BCUT2D eigenvalue weighted by molar-refractivity contribution is -0.127. The smallest absolute Gasteiger partial charge is 0.339 e. The van der Waals surface area contributed by atoms with E-state index in [2.05, 4.69) is 10.1 Å². The number of methoxy groups -OCH3 is 2. The molecule has 34 heavy (non-hydrogen) atoms. The summed E-state index contributed by atoms with van der Waals surface area (Å²) in [7, 11) is 2.71. The summed E-state index contributed by atoms with van der Waals surface area (Å²) in [6.45, 7) is 1.83. The molecule has 1 aliphatic heterocycles. The van der Waals surface area contributed by atoms with E-state index in [0.717, 1.165) is 16.7 Å². The fraction of sp³-hybridized carbons (Fsp3) is 0.217. The third kappa shape index (κ3) is 5.70. The second-order valence-corrected chi connectivity index (χ2v) is 8.25. The Hall–Kier alpha value is -3.50. The molecule has 1 saturated heterocycles. The van der Waals surface area contributed by atoms with Gasteiger partial charge in [0.25, 0.3) is 11.1 Å². The van der Waals surface area contributed by atoms with Crippen molar-refractivity contribution in [3.05, 3.63) is 57.5 Å². The number of imide groups is 1. The van der Waals surface area contributed by atoms with Gasteiger partial charge < -0.3 is 19.5 Å². The molecular formula is C23H21ClN2O7S. The first-order valence-corrected chi connectivity index (χ1v) is 11.2. The van der Waals surface area contributed by atoms with Gasteiger partial charge in [-0.05, 0) is 60.7 Å². The maximum atomic E-state index is 12.8. The number of nitrogens with one attached hydrogen (secondary N) is 1. The van der Waals surface area contributed by atoms with Crippen molar-refractivity contribution in [3.63, 3.8) is 0 Å².